The summed E-state index contributed by atoms with van der Waals surface area (Å²) < 4.78 is 26.9. The van der Waals surface area contributed by atoms with Gasteiger partial charge in [0.05, 0.1) is 17.5 Å². The van der Waals surface area contributed by atoms with Crippen molar-refractivity contribution in [3.05, 3.63) is 40.7 Å². The zero-order valence-corrected chi connectivity index (χ0v) is 12.6. The topological polar surface area (TPSA) is 112 Å². The molecule has 0 aliphatic rings. The smallest absolute Gasteiger partial charge is 0.336 e. The minimum Gasteiger partial charge on any atom is -0.478 e. The molecule has 7 nitrogen and oxygen atoms in total. The second-order valence-corrected chi connectivity index (χ2v) is 6.39. The molecular formula is C13H15N3O4S. The van der Waals surface area contributed by atoms with Gasteiger partial charge in [0.25, 0.3) is 10.0 Å². The molecule has 0 saturated carbocycles. The van der Waals surface area contributed by atoms with Crippen molar-refractivity contribution < 1.29 is 18.3 Å². The van der Waals surface area contributed by atoms with Crippen LogP contribution in [0.2, 0.25) is 0 Å². The van der Waals surface area contributed by atoms with Crippen LogP contribution in [0.15, 0.2) is 23.2 Å². The van der Waals surface area contributed by atoms with Crippen molar-refractivity contribution >= 4 is 21.7 Å². The van der Waals surface area contributed by atoms with E-state index in [9.17, 15) is 13.2 Å². The molecule has 0 saturated heterocycles. The van der Waals surface area contributed by atoms with Crippen LogP contribution in [0.25, 0.3) is 0 Å². The molecule has 0 amide bonds. The zero-order valence-electron chi connectivity index (χ0n) is 11.8. The van der Waals surface area contributed by atoms with Gasteiger partial charge in [-0.1, -0.05) is 0 Å². The molecule has 2 rings (SSSR count). The van der Waals surface area contributed by atoms with Crippen molar-refractivity contribution in [1.82, 2.24) is 10.2 Å². The molecule has 8 heteroatoms. The Balaban J connectivity index is 2.45. The second kappa shape index (κ2) is 5.21. The molecule has 0 atom stereocenters. The van der Waals surface area contributed by atoms with Crippen LogP contribution in [-0.2, 0) is 10.0 Å². The molecule has 0 aliphatic heterocycles. The Morgan fingerprint density at radius 1 is 1.29 bits per heavy atom. The number of aromatic carboxylic acids is 1. The average molecular weight is 309 g/mol. The van der Waals surface area contributed by atoms with E-state index < -0.39 is 16.0 Å². The van der Waals surface area contributed by atoms with E-state index in [-0.39, 0.29) is 16.1 Å². The van der Waals surface area contributed by atoms with Crippen LogP contribution in [0, 0.1) is 20.8 Å². The highest BCUT2D eigenvalue weighted by molar-refractivity contribution is 7.92. The first kappa shape index (κ1) is 15.0. The van der Waals surface area contributed by atoms with E-state index in [4.69, 9.17) is 5.11 Å². The predicted octanol–water partition coefficient (Wildman–Crippen LogP) is 1.83. The third-order valence-electron chi connectivity index (χ3n) is 3.22. The monoisotopic (exact) mass is 309 g/mol. The Labute approximate surface area is 122 Å². The Kier molecular flexibility index (Phi) is 3.73. The number of benzene rings is 1. The van der Waals surface area contributed by atoms with Gasteiger partial charge in [0.15, 0.2) is 0 Å². The van der Waals surface area contributed by atoms with Crippen molar-refractivity contribution in [1.29, 1.82) is 0 Å². The molecule has 1 aromatic carbocycles. The zero-order chi connectivity index (χ0) is 15.8. The minimum absolute atomic E-state index is 0.0256. The summed E-state index contributed by atoms with van der Waals surface area (Å²) in [4.78, 5) is 11.2. The number of carbonyl (C=O) groups is 1. The molecule has 2 aromatic rings. The van der Waals surface area contributed by atoms with E-state index in [0.717, 1.165) is 0 Å². The fraction of sp³-hybridized carbons (Fsp3) is 0.231. The van der Waals surface area contributed by atoms with Crippen LogP contribution in [0.5, 0.6) is 0 Å². The van der Waals surface area contributed by atoms with Gasteiger partial charge in [-0.05, 0) is 44.0 Å². The number of aryl methyl sites for hydroxylation is 2. The van der Waals surface area contributed by atoms with Crippen LogP contribution in [0.3, 0.4) is 0 Å². The Morgan fingerprint density at radius 2 is 1.95 bits per heavy atom. The van der Waals surface area contributed by atoms with Gasteiger partial charge in [-0.2, -0.15) is 5.10 Å². The molecular weight excluding hydrogens is 294 g/mol. The lowest BCUT2D eigenvalue weighted by molar-refractivity contribution is 0.0696. The van der Waals surface area contributed by atoms with Crippen molar-refractivity contribution in [3.63, 3.8) is 0 Å². The lowest BCUT2D eigenvalue weighted by Crippen LogP contribution is -2.14. The first-order valence-electron chi connectivity index (χ1n) is 6.09. The molecule has 3 N–H and O–H groups in total. The largest absolute Gasteiger partial charge is 0.478 e. The number of hydrogen-bond donors (Lipinski definition) is 3. The number of anilines is 1. The van der Waals surface area contributed by atoms with Gasteiger partial charge in [0.2, 0.25) is 0 Å². The fourth-order valence-electron chi connectivity index (χ4n) is 1.96. The van der Waals surface area contributed by atoms with Crippen LogP contribution < -0.4 is 4.72 Å². The molecule has 112 valence electrons. The second-order valence-electron chi connectivity index (χ2n) is 4.74. The SMILES string of the molecule is Cc1cc(NS(=O)(=O)c2cn[nH]c2C)cc(C(=O)O)c1C. The van der Waals surface area contributed by atoms with E-state index in [1.165, 1.54) is 12.3 Å². The Hall–Kier alpha value is -2.35. The molecule has 0 radical (unpaired) electrons. The molecule has 1 aromatic heterocycles. The molecule has 0 bridgehead atoms. The molecule has 0 aliphatic carbocycles. The summed E-state index contributed by atoms with van der Waals surface area (Å²) >= 11 is 0. The summed E-state index contributed by atoms with van der Waals surface area (Å²) in [6, 6.07) is 2.90. The summed E-state index contributed by atoms with van der Waals surface area (Å²) in [6.07, 6.45) is 1.21. The van der Waals surface area contributed by atoms with Crippen molar-refractivity contribution in [3.8, 4) is 0 Å². The lowest BCUT2D eigenvalue weighted by Gasteiger charge is -2.11. The number of hydrogen-bond acceptors (Lipinski definition) is 4. The quantitative estimate of drug-likeness (QED) is 0.797. The number of carboxylic acid groups (broad SMARTS) is 1. The third-order valence-corrected chi connectivity index (χ3v) is 4.72. The predicted molar refractivity (Wildman–Crippen MR) is 77.0 cm³/mol. The molecule has 0 spiro atoms. The number of H-pyrrole nitrogens is 1. The van der Waals surface area contributed by atoms with Crippen molar-refractivity contribution in [2.45, 2.75) is 25.7 Å². The standard InChI is InChI=1S/C13H15N3O4S/c1-7-4-10(5-11(8(7)2)13(17)18)16-21(19,20)12-6-14-15-9(12)3/h4-6,16H,1-3H3,(H,14,15)(H,17,18). The highest BCUT2D eigenvalue weighted by Gasteiger charge is 2.20. The normalized spacial score (nSPS) is 11.4. The lowest BCUT2D eigenvalue weighted by atomic mass is 10.0. The minimum atomic E-state index is -3.81. The van der Waals surface area contributed by atoms with E-state index in [2.05, 4.69) is 14.9 Å². The third kappa shape index (κ3) is 2.89. The molecule has 21 heavy (non-hydrogen) atoms. The maximum Gasteiger partial charge on any atom is 0.336 e. The number of nitrogens with zero attached hydrogens (tertiary/aromatic N) is 1. The average Bonchev–Trinajstić information content (AvgIpc) is 2.80. The highest BCUT2D eigenvalue weighted by Crippen LogP contribution is 2.23. The van der Waals surface area contributed by atoms with Crippen LogP contribution >= 0.6 is 0 Å². The van der Waals surface area contributed by atoms with Crippen molar-refractivity contribution in [2.24, 2.45) is 0 Å². The molecule has 0 unspecified atom stereocenters. The number of carboxylic acids is 1. The summed E-state index contributed by atoms with van der Waals surface area (Å²) in [5.41, 5.74) is 1.97. The summed E-state index contributed by atoms with van der Waals surface area (Å²) in [5, 5.41) is 15.4. The van der Waals surface area contributed by atoms with Gasteiger partial charge >= 0.3 is 5.97 Å². The maximum absolute atomic E-state index is 12.2. The molecule has 0 fully saturated rings. The first-order chi connectivity index (χ1) is 9.72. The number of aromatic nitrogens is 2. The Bertz CT molecular complexity index is 809. The van der Waals surface area contributed by atoms with Gasteiger partial charge < -0.3 is 5.11 Å². The summed E-state index contributed by atoms with van der Waals surface area (Å²) in [7, 11) is -3.81. The van der Waals surface area contributed by atoms with E-state index in [1.807, 2.05) is 0 Å². The van der Waals surface area contributed by atoms with Crippen LogP contribution in [0.1, 0.15) is 27.2 Å². The van der Waals surface area contributed by atoms with Gasteiger partial charge in [-0.3, -0.25) is 9.82 Å². The van der Waals surface area contributed by atoms with E-state index in [1.54, 1.807) is 26.8 Å². The van der Waals surface area contributed by atoms with Gasteiger partial charge in [-0.15, -0.1) is 0 Å². The fourth-order valence-corrected chi connectivity index (χ4v) is 3.14. The highest BCUT2D eigenvalue weighted by atomic mass is 32.2. The van der Waals surface area contributed by atoms with Gasteiger partial charge in [0.1, 0.15) is 4.90 Å². The summed E-state index contributed by atoms with van der Waals surface area (Å²) in [5.74, 6) is -1.10. The number of nitrogens with one attached hydrogen (secondary N) is 2. The Morgan fingerprint density at radius 3 is 2.48 bits per heavy atom. The van der Waals surface area contributed by atoms with Gasteiger partial charge in [0, 0.05) is 5.69 Å². The number of rotatable bonds is 4. The van der Waals surface area contributed by atoms with Gasteiger partial charge in [-0.25, -0.2) is 13.2 Å². The number of sulfonamides is 1. The van der Waals surface area contributed by atoms with E-state index in [0.29, 0.717) is 16.8 Å². The van der Waals surface area contributed by atoms with Crippen LogP contribution in [0.4, 0.5) is 5.69 Å². The maximum atomic E-state index is 12.2. The number of aromatic amines is 1. The van der Waals surface area contributed by atoms with Crippen molar-refractivity contribution in [2.75, 3.05) is 4.72 Å². The summed E-state index contributed by atoms with van der Waals surface area (Å²) in [6.45, 7) is 4.99. The van der Waals surface area contributed by atoms with E-state index >= 15 is 0 Å². The first-order valence-corrected chi connectivity index (χ1v) is 7.58. The van der Waals surface area contributed by atoms with Crippen LogP contribution in [-0.4, -0.2) is 29.7 Å². The molecule has 1 heterocycles.